The van der Waals surface area contributed by atoms with Crippen molar-refractivity contribution in [2.45, 2.75) is 37.8 Å². The number of fused-ring (bicyclic) bond motifs is 1. The minimum absolute atomic E-state index is 0.330. The molecule has 3 unspecified atom stereocenters. The maximum Gasteiger partial charge on any atom is 0.163 e. The van der Waals surface area contributed by atoms with Crippen LogP contribution in [-0.2, 0) is 4.74 Å². The smallest absolute Gasteiger partial charge is 0.163 e. The Balaban J connectivity index is 1.85. The molecule has 1 aliphatic carbocycles. The van der Waals surface area contributed by atoms with Crippen LogP contribution in [0.1, 0.15) is 36.8 Å². The number of ether oxygens (including phenoxy) is 1. The Morgan fingerprint density at radius 3 is 2.81 bits per heavy atom. The first-order valence-electron chi connectivity index (χ1n) is 9.75. The first kappa shape index (κ1) is 21.0. The van der Waals surface area contributed by atoms with Gasteiger partial charge in [-0.15, -0.1) is 11.6 Å². The number of alkyl halides is 1. The van der Waals surface area contributed by atoms with Crippen LogP contribution in [0.3, 0.4) is 0 Å². The number of anilines is 1. The lowest BCUT2D eigenvalue weighted by atomic mass is 9.79. The molecular formula is C22H22ClN7O. The molecule has 9 heteroatoms. The van der Waals surface area contributed by atoms with Crippen molar-refractivity contribution in [2.24, 2.45) is 0 Å². The molecule has 1 aliphatic rings. The molecule has 0 aromatic carbocycles. The number of hydrogen-bond acceptors (Lipinski definition) is 7. The lowest BCUT2D eigenvalue weighted by molar-refractivity contribution is 0.105. The Morgan fingerprint density at radius 2 is 2.10 bits per heavy atom. The third-order valence-corrected chi connectivity index (χ3v) is 6.44. The second-order valence-electron chi connectivity index (χ2n) is 7.58. The number of rotatable bonds is 4. The van der Waals surface area contributed by atoms with Crippen molar-refractivity contribution in [3.8, 4) is 6.07 Å². The lowest BCUT2D eigenvalue weighted by Gasteiger charge is -2.41. The Morgan fingerprint density at radius 1 is 1.32 bits per heavy atom. The Bertz CT molecular complexity index is 1270. The molecule has 2 N–H and O–H groups in total. The van der Waals surface area contributed by atoms with Crippen molar-refractivity contribution in [1.82, 2.24) is 24.7 Å². The van der Waals surface area contributed by atoms with Crippen LogP contribution in [0.15, 0.2) is 42.4 Å². The molecule has 0 saturated carbocycles. The molecule has 3 heterocycles. The van der Waals surface area contributed by atoms with Gasteiger partial charge in [-0.25, -0.2) is 19.6 Å². The number of methoxy groups -OCH3 is 1. The van der Waals surface area contributed by atoms with E-state index in [9.17, 15) is 5.26 Å². The molecule has 31 heavy (non-hydrogen) atoms. The Kier molecular flexibility index (Phi) is 5.25. The van der Waals surface area contributed by atoms with E-state index in [0.29, 0.717) is 22.5 Å². The number of nitrogens with two attached hydrogens (primary N) is 1. The normalized spacial score (nSPS) is 22.0. The zero-order valence-corrected chi connectivity index (χ0v) is 18.4. The van der Waals surface area contributed by atoms with Crippen LogP contribution in [0, 0.1) is 18.3 Å². The van der Waals surface area contributed by atoms with Crippen LogP contribution < -0.4 is 5.73 Å². The highest BCUT2D eigenvalue weighted by molar-refractivity contribution is 6.27. The molecule has 4 rings (SSSR count). The third-order valence-electron chi connectivity index (χ3n) is 5.80. The maximum atomic E-state index is 9.28. The molecule has 0 saturated heterocycles. The molecule has 3 aromatic heterocycles. The highest BCUT2D eigenvalue weighted by Crippen LogP contribution is 2.46. The molecule has 0 amide bonds. The SMILES string of the molecule is COC1C(c2ccnc(C#N)c2)=C(C)C=CC1(Cl)C(C)n1nc(C)c2c(N)ncnc21. The highest BCUT2D eigenvalue weighted by Gasteiger charge is 2.46. The molecule has 3 atom stereocenters. The largest absolute Gasteiger partial charge is 0.383 e. The summed E-state index contributed by atoms with van der Waals surface area (Å²) < 4.78 is 7.74. The van der Waals surface area contributed by atoms with Gasteiger partial charge in [0.2, 0.25) is 0 Å². The quantitative estimate of drug-likeness (QED) is 0.622. The van der Waals surface area contributed by atoms with E-state index >= 15 is 0 Å². The summed E-state index contributed by atoms with van der Waals surface area (Å²) >= 11 is 7.30. The number of pyridine rings is 1. The number of nitriles is 1. The van der Waals surface area contributed by atoms with Gasteiger partial charge in [0.15, 0.2) is 5.65 Å². The number of aryl methyl sites for hydroxylation is 1. The zero-order valence-electron chi connectivity index (χ0n) is 17.7. The van der Waals surface area contributed by atoms with Gasteiger partial charge in [-0.2, -0.15) is 10.4 Å². The number of hydrogen-bond donors (Lipinski definition) is 1. The van der Waals surface area contributed by atoms with Gasteiger partial charge in [0.25, 0.3) is 0 Å². The minimum Gasteiger partial charge on any atom is -0.383 e. The predicted octanol–water partition coefficient (Wildman–Crippen LogP) is 3.58. The van der Waals surface area contributed by atoms with E-state index in [2.05, 4.69) is 26.1 Å². The summed E-state index contributed by atoms with van der Waals surface area (Å²) in [4.78, 5) is 11.6. The Hall–Kier alpha value is -3.28. The summed E-state index contributed by atoms with van der Waals surface area (Å²) in [6.45, 7) is 5.83. The van der Waals surface area contributed by atoms with Crippen molar-refractivity contribution in [3.05, 3.63) is 59.3 Å². The first-order chi connectivity index (χ1) is 14.8. The second-order valence-corrected chi connectivity index (χ2v) is 8.23. The highest BCUT2D eigenvalue weighted by atomic mass is 35.5. The summed E-state index contributed by atoms with van der Waals surface area (Å²) in [7, 11) is 1.62. The monoisotopic (exact) mass is 435 g/mol. The van der Waals surface area contributed by atoms with Crippen LogP contribution in [0.4, 0.5) is 5.82 Å². The topological polar surface area (TPSA) is 116 Å². The van der Waals surface area contributed by atoms with E-state index in [1.807, 2.05) is 39.0 Å². The van der Waals surface area contributed by atoms with Gasteiger partial charge in [-0.3, -0.25) is 0 Å². The van der Waals surface area contributed by atoms with Crippen molar-refractivity contribution in [1.29, 1.82) is 5.26 Å². The van der Waals surface area contributed by atoms with Crippen molar-refractivity contribution < 1.29 is 4.74 Å². The van der Waals surface area contributed by atoms with E-state index < -0.39 is 11.0 Å². The van der Waals surface area contributed by atoms with Crippen molar-refractivity contribution >= 4 is 34.0 Å². The van der Waals surface area contributed by atoms with Crippen LogP contribution in [-0.4, -0.2) is 42.8 Å². The minimum atomic E-state index is -0.981. The van der Waals surface area contributed by atoms with Crippen LogP contribution >= 0.6 is 11.6 Å². The molecule has 0 radical (unpaired) electrons. The average molecular weight is 436 g/mol. The standard InChI is InChI=1S/C22H22ClN7O/c1-12-5-7-22(23,19(31-4)17(12)15-6-8-26-16(9-15)10-24)14(3)30-21-18(13(2)29-30)20(25)27-11-28-21/h5-9,11,14,19H,1-4H3,(H2,25,27,28). The van der Waals surface area contributed by atoms with Gasteiger partial charge in [0.1, 0.15) is 34.9 Å². The van der Waals surface area contributed by atoms with Gasteiger partial charge in [0, 0.05) is 13.3 Å². The predicted molar refractivity (Wildman–Crippen MR) is 119 cm³/mol. The van der Waals surface area contributed by atoms with E-state index in [1.54, 1.807) is 24.1 Å². The molecule has 3 aromatic rings. The number of nitrogen functional groups attached to an aromatic ring is 1. The number of aromatic nitrogens is 5. The summed E-state index contributed by atoms with van der Waals surface area (Å²) in [5.74, 6) is 0.379. The summed E-state index contributed by atoms with van der Waals surface area (Å²) in [6.07, 6.45) is 6.43. The molecule has 0 aliphatic heterocycles. The van der Waals surface area contributed by atoms with Gasteiger partial charge in [-0.05, 0) is 49.6 Å². The molecule has 0 spiro atoms. The fourth-order valence-corrected chi connectivity index (χ4v) is 4.53. The fraction of sp³-hybridized carbons (Fsp3) is 0.318. The fourth-order valence-electron chi connectivity index (χ4n) is 4.18. The van der Waals surface area contributed by atoms with E-state index in [-0.39, 0.29) is 6.04 Å². The molecule has 8 nitrogen and oxygen atoms in total. The van der Waals surface area contributed by atoms with E-state index in [0.717, 1.165) is 22.4 Å². The molecule has 158 valence electrons. The van der Waals surface area contributed by atoms with Gasteiger partial charge < -0.3 is 10.5 Å². The zero-order chi connectivity index (χ0) is 22.3. The molecular weight excluding hydrogens is 414 g/mol. The van der Waals surface area contributed by atoms with Gasteiger partial charge in [0.05, 0.1) is 17.1 Å². The maximum absolute atomic E-state index is 9.28. The first-order valence-corrected chi connectivity index (χ1v) is 10.1. The van der Waals surface area contributed by atoms with Crippen molar-refractivity contribution in [3.63, 3.8) is 0 Å². The van der Waals surface area contributed by atoms with Crippen molar-refractivity contribution in [2.75, 3.05) is 12.8 Å². The van der Waals surface area contributed by atoms with Crippen LogP contribution in [0.25, 0.3) is 16.6 Å². The molecule has 0 bridgehead atoms. The summed E-state index contributed by atoms with van der Waals surface area (Å²) in [5, 5.41) is 14.7. The van der Waals surface area contributed by atoms with E-state index in [1.165, 1.54) is 6.33 Å². The van der Waals surface area contributed by atoms with Crippen LogP contribution in [0.5, 0.6) is 0 Å². The van der Waals surface area contributed by atoms with Gasteiger partial charge in [-0.1, -0.05) is 12.2 Å². The third kappa shape index (κ3) is 3.26. The number of allylic oxidation sites excluding steroid dienone is 2. The summed E-state index contributed by atoms with van der Waals surface area (Å²) in [5.41, 5.74) is 10.5. The van der Waals surface area contributed by atoms with Gasteiger partial charge >= 0.3 is 0 Å². The average Bonchev–Trinajstić information content (AvgIpc) is 3.12. The van der Waals surface area contributed by atoms with Crippen LogP contribution in [0.2, 0.25) is 0 Å². The number of nitrogens with zero attached hydrogens (tertiary/aromatic N) is 6. The lowest BCUT2D eigenvalue weighted by Crippen LogP contribution is -2.46. The number of halogens is 1. The summed E-state index contributed by atoms with van der Waals surface area (Å²) in [6, 6.07) is 5.34. The second kappa shape index (κ2) is 7.76. The Labute approximate surface area is 185 Å². The van der Waals surface area contributed by atoms with E-state index in [4.69, 9.17) is 22.1 Å². The molecule has 0 fully saturated rings.